The number of carboxylic acids is 1. The maximum Gasteiger partial charge on any atom is 0.349 e. The van der Waals surface area contributed by atoms with Crippen molar-refractivity contribution in [2.24, 2.45) is 0 Å². The summed E-state index contributed by atoms with van der Waals surface area (Å²) in [5.74, 6) is 1.46. The number of hydrogen-bond donors (Lipinski definition) is 1. The van der Waals surface area contributed by atoms with Crippen molar-refractivity contribution in [2.75, 3.05) is 61.5 Å². The maximum absolute atomic E-state index is 11.7. The molecule has 1 saturated heterocycles. The highest BCUT2D eigenvalue weighted by atomic mass is 32.1. The van der Waals surface area contributed by atoms with Crippen molar-refractivity contribution < 1.29 is 9.90 Å². The Hall–Kier alpha value is -3.24. The molecule has 0 bridgehead atoms. The van der Waals surface area contributed by atoms with Gasteiger partial charge in [0, 0.05) is 52.4 Å². The van der Waals surface area contributed by atoms with Crippen LogP contribution in [0.15, 0.2) is 41.9 Å². The summed E-state index contributed by atoms with van der Waals surface area (Å²) in [5.41, 5.74) is 2.73. The van der Waals surface area contributed by atoms with Crippen LogP contribution in [0.1, 0.15) is 22.2 Å². The molecule has 0 aliphatic carbocycles. The minimum atomic E-state index is -0.998. The highest BCUT2D eigenvalue weighted by Crippen LogP contribution is 2.31. The minimum absolute atomic E-state index is 0.185. The second kappa shape index (κ2) is 10.1. The van der Waals surface area contributed by atoms with E-state index in [1.165, 1.54) is 5.56 Å². The summed E-state index contributed by atoms with van der Waals surface area (Å²) < 4.78 is 0. The fourth-order valence-electron chi connectivity index (χ4n) is 3.83. The van der Waals surface area contributed by atoms with E-state index in [2.05, 4.69) is 38.9 Å². The molecule has 0 unspecified atom stereocenters. The van der Waals surface area contributed by atoms with Crippen molar-refractivity contribution in [1.29, 1.82) is 0 Å². The maximum atomic E-state index is 11.7. The SMILES string of the molecule is CCN(c1nc(N(C)Cc2ccccc2)cc(N2CCN(C)CC2)n1)c1ncsc1C(=O)O. The molecule has 0 atom stereocenters. The second-order valence-electron chi connectivity index (χ2n) is 8.07. The van der Waals surface area contributed by atoms with Crippen molar-refractivity contribution in [2.45, 2.75) is 13.5 Å². The monoisotopic (exact) mass is 467 g/mol. The van der Waals surface area contributed by atoms with Gasteiger partial charge in [-0.2, -0.15) is 9.97 Å². The van der Waals surface area contributed by atoms with Gasteiger partial charge in [-0.3, -0.25) is 4.90 Å². The highest BCUT2D eigenvalue weighted by Gasteiger charge is 2.25. The fraction of sp³-hybridized carbons (Fsp3) is 0.391. The Morgan fingerprint density at radius 3 is 2.55 bits per heavy atom. The Balaban J connectivity index is 1.73. The van der Waals surface area contributed by atoms with E-state index < -0.39 is 5.97 Å². The van der Waals surface area contributed by atoms with Crippen LogP contribution in [0.5, 0.6) is 0 Å². The van der Waals surface area contributed by atoms with Gasteiger partial charge >= 0.3 is 5.97 Å². The van der Waals surface area contributed by atoms with E-state index in [9.17, 15) is 9.90 Å². The lowest BCUT2D eigenvalue weighted by Gasteiger charge is -2.34. The van der Waals surface area contributed by atoms with Crippen LogP contribution in [-0.4, -0.2) is 77.7 Å². The summed E-state index contributed by atoms with van der Waals surface area (Å²) in [6.07, 6.45) is 0. The lowest BCUT2D eigenvalue weighted by atomic mass is 10.2. The van der Waals surface area contributed by atoms with Gasteiger partial charge in [-0.1, -0.05) is 30.3 Å². The molecule has 174 valence electrons. The molecule has 3 heterocycles. The molecule has 2 aromatic heterocycles. The molecule has 10 heteroatoms. The molecule has 33 heavy (non-hydrogen) atoms. The largest absolute Gasteiger partial charge is 0.477 e. The Kier molecular flexibility index (Phi) is 7.05. The zero-order valence-electron chi connectivity index (χ0n) is 19.2. The van der Waals surface area contributed by atoms with Gasteiger partial charge in [-0.15, -0.1) is 11.3 Å². The molecular weight excluding hydrogens is 438 g/mol. The summed E-state index contributed by atoms with van der Waals surface area (Å²) >= 11 is 1.11. The van der Waals surface area contributed by atoms with Crippen molar-refractivity contribution in [3.63, 3.8) is 0 Å². The van der Waals surface area contributed by atoms with E-state index in [-0.39, 0.29) is 4.88 Å². The Bertz CT molecular complexity index is 1080. The molecule has 1 aliphatic rings. The standard InChI is InChI=1S/C23H29N7O2S/c1-4-30(21-20(22(31)32)33-16-24-21)23-25-18(28(3)15-17-8-6-5-7-9-17)14-19(26-23)29-12-10-27(2)11-13-29/h5-9,14,16H,4,10-13,15H2,1-3H3,(H,31,32). The molecule has 0 saturated carbocycles. The number of benzene rings is 1. The van der Waals surface area contributed by atoms with Gasteiger partial charge in [-0.05, 0) is 19.5 Å². The minimum Gasteiger partial charge on any atom is -0.477 e. The quantitative estimate of drug-likeness (QED) is 0.536. The van der Waals surface area contributed by atoms with Gasteiger partial charge in [0.1, 0.15) is 11.6 Å². The van der Waals surface area contributed by atoms with Crippen LogP contribution in [0, 0.1) is 0 Å². The van der Waals surface area contributed by atoms with Crippen LogP contribution in [0.2, 0.25) is 0 Å². The van der Waals surface area contributed by atoms with Crippen LogP contribution >= 0.6 is 11.3 Å². The number of hydrogen-bond acceptors (Lipinski definition) is 9. The summed E-state index contributed by atoms with van der Waals surface area (Å²) in [5, 5.41) is 9.62. The van der Waals surface area contributed by atoms with Gasteiger partial charge in [0.05, 0.1) is 5.51 Å². The topological polar surface area (TPSA) is 88.9 Å². The van der Waals surface area contributed by atoms with Crippen LogP contribution < -0.4 is 14.7 Å². The molecule has 0 spiro atoms. The van der Waals surface area contributed by atoms with Crippen LogP contribution in [0.25, 0.3) is 0 Å². The molecular formula is C23H29N7O2S. The first-order chi connectivity index (χ1) is 16.0. The molecule has 1 aliphatic heterocycles. The predicted molar refractivity (Wildman–Crippen MR) is 132 cm³/mol. The molecule has 1 N–H and O–H groups in total. The normalized spacial score (nSPS) is 14.3. The average Bonchev–Trinajstić information content (AvgIpc) is 3.30. The van der Waals surface area contributed by atoms with Crippen LogP contribution in [-0.2, 0) is 6.54 Å². The third-order valence-corrected chi connectivity index (χ3v) is 6.53. The van der Waals surface area contributed by atoms with Crippen molar-refractivity contribution >= 4 is 40.7 Å². The van der Waals surface area contributed by atoms with E-state index in [0.717, 1.165) is 49.2 Å². The first-order valence-corrected chi connectivity index (χ1v) is 11.9. The van der Waals surface area contributed by atoms with Gasteiger partial charge in [-0.25, -0.2) is 9.78 Å². The summed E-state index contributed by atoms with van der Waals surface area (Å²) in [6.45, 7) is 6.81. The van der Waals surface area contributed by atoms with E-state index in [0.29, 0.717) is 24.9 Å². The lowest BCUT2D eigenvalue weighted by molar-refractivity contribution is 0.0702. The number of aromatic nitrogens is 3. The van der Waals surface area contributed by atoms with Gasteiger partial charge in [0.15, 0.2) is 10.7 Å². The first kappa shape index (κ1) is 22.9. The molecule has 3 aromatic rings. The van der Waals surface area contributed by atoms with Crippen LogP contribution in [0.3, 0.4) is 0 Å². The summed E-state index contributed by atoms with van der Waals surface area (Å²) in [4.78, 5) is 34.4. The molecule has 1 fully saturated rings. The number of rotatable bonds is 8. The number of carboxylic acid groups (broad SMARTS) is 1. The lowest BCUT2D eigenvalue weighted by Crippen LogP contribution is -2.45. The Morgan fingerprint density at radius 1 is 1.15 bits per heavy atom. The van der Waals surface area contributed by atoms with E-state index in [1.807, 2.05) is 38.2 Å². The third-order valence-electron chi connectivity index (χ3n) is 5.72. The number of nitrogens with zero attached hydrogens (tertiary/aromatic N) is 7. The predicted octanol–water partition coefficient (Wildman–Crippen LogP) is 3.18. The van der Waals surface area contributed by atoms with E-state index >= 15 is 0 Å². The Labute approximate surface area is 197 Å². The van der Waals surface area contributed by atoms with Crippen LogP contribution in [0.4, 0.5) is 23.4 Å². The summed E-state index contributed by atoms with van der Waals surface area (Å²) in [7, 11) is 4.13. The van der Waals surface area contributed by atoms with Crippen molar-refractivity contribution in [1.82, 2.24) is 19.9 Å². The highest BCUT2D eigenvalue weighted by molar-refractivity contribution is 7.12. The number of thiazole rings is 1. The van der Waals surface area contributed by atoms with E-state index in [1.54, 1.807) is 10.4 Å². The van der Waals surface area contributed by atoms with Crippen molar-refractivity contribution in [3.05, 3.63) is 52.3 Å². The van der Waals surface area contributed by atoms with Gasteiger partial charge in [0.25, 0.3) is 0 Å². The second-order valence-corrected chi connectivity index (χ2v) is 8.93. The van der Waals surface area contributed by atoms with Gasteiger partial charge in [0.2, 0.25) is 5.95 Å². The number of aromatic carboxylic acids is 1. The molecule has 1 aromatic carbocycles. The smallest absolute Gasteiger partial charge is 0.349 e. The molecule has 9 nitrogen and oxygen atoms in total. The summed E-state index contributed by atoms with van der Waals surface area (Å²) in [6, 6.07) is 12.3. The molecule has 0 radical (unpaired) electrons. The number of piperazine rings is 1. The Morgan fingerprint density at radius 2 is 1.88 bits per heavy atom. The zero-order valence-corrected chi connectivity index (χ0v) is 20.0. The van der Waals surface area contributed by atoms with E-state index in [4.69, 9.17) is 9.97 Å². The fourth-order valence-corrected chi connectivity index (χ4v) is 4.45. The molecule has 4 rings (SSSR count). The third kappa shape index (κ3) is 5.23. The number of likely N-dealkylation sites (N-methyl/N-ethyl adjacent to an activating group) is 1. The van der Waals surface area contributed by atoms with Gasteiger partial charge < -0.3 is 19.8 Å². The molecule has 0 amide bonds. The van der Waals surface area contributed by atoms with Crippen molar-refractivity contribution in [3.8, 4) is 0 Å². The first-order valence-electron chi connectivity index (χ1n) is 11.0. The number of anilines is 4. The number of carbonyl (C=O) groups is 1. The average molecular weight is 468 g/mol. The zero-order chi connectivity index (χ0) is 23.4.